The second-order valence-corrected chi connectivity index (χ2v) is 3.17. The summed E-state index contributed by atoms with van der Waals surface area (Å²) in [6.45, 7) is 2.05. The molecule has 0 aliphatic heterocycles. The standard InChI is InChI=1S/C12H15NO2/c1-4-10-11(14-2)7-9(5-6-13)8-12(10)15-3/h7-8H,4-5H2,1-3H3. The molecule has 1 aromatic rings. The molecule has 15 heavy (non-hydrogen) atoms. The molecule has 0 radical (unpaired) electrons. The van der Waals surface area contributed by atoms with Gasteiger partial charge in [-0.05, 0) is 24.1 Å². The maximum atomic E-state index is 8.64. The highest BCUT2D eigenvalue weighted by molar-refractivity contribution is 5.48. The van der Waals surface area contributed by atoms with Crippen molar-refractivity contribution in [1.82, 2.24) is 0 Å². The molecule has 0 bridgehead atoms. The zero-order valence-corrected chi connectivity index (χ0v) is 9.33. The van der Waals surface area contributed by atoms with E-state index in [1.54, 1.807) is 14.2 Å². The van der Waals surface area contributed by atoms with Crippen molar-refractivity contribution in [2.75, 3.05) is 14.2 Å². The number of ether oxygens (including phenoxy) is 2. The van der Waals surface area contributed by atoms with Gasteiger partial charge in [0.25, 0.3) is 0 Å². The lowest BCUT2D eigenvalue weighted by atomic mass is 10.0. The number of hydrogen-bond acceptors (Lipinski definition) is 3. The first-order chi connectivity index (χ1) is 7.26. The third-order valence-corrected chi connectivity index (χ3v) is 2.30. The molecule has 0 N–H and O–H groups in total. The van der Waals surface area contributed by atoms with Crippen molar-refractivity contribution in [3.05, 3.63) is 23.3 Å². The topological polar surface area (TPSA) is 42.2 Å². The maximum Gasteiger partial charge on any atom is 0.126 e. The summed E-state index contributed by atoms with van der Waals surface area (Å²) in [5.74, 6) is 1.59. The molecule has 0 heterocycles. The van der Waals surface area contributed by atoms with E-state index in [4.69, 9.17) is 14.7 Å². The van der Waals surface area contributed by atoms with Crippen molar-refractivity contribution in [3.63, 3.8) is 0 Å². The van der Waals surface area contributed by atoms with Crippen molar-refractivity contribution in [1.29, 1.82) is 5.26 Å². The summed E-state index contributed by atoms with van der Waals surface area (Å²) in [6, 6.07) is 5.90. The molecule has 0 amide bonds. The predicted octanol–water partition coefficient (Wildman–Crippen LogP) is 2.33. The summed E-state index contributed by atoms with van der Waals surface area (Å²) in [4.78, 5) is 0. The number of methoxy groups -OCH3 is 2. The Morgan fingerprint density at radius 2 is 1.73 bits per heavy atom. The van der Waals surface area contributed by atoms with Crippen molar-refractivity contribution < 1.29 is 9.47 Å². The molecule has 3 heteroatoms. The van der Waals surface area contributed by atoms with E-state index in [0.717, 1.165) is 29.0 Å². The summed E-state index contributed by atoms with van der Waals surface area (Å²) in [7, 11) is 3.26. The predicted molar refractivity (Wildman–Crippen MR) is 58.2 cm³/mol. The minimum Gasteiger partial charge on any atom is -0.496 e. The molecule has 0 fully saturated rings. The summed E-state index contributed by atoms with van der Waals surface area (Å²) in [5, 5.41) is 8.64. The lowest BCUT2D eigenvalue weighted by molar-refractivity contribution is 0.385. The summed E-state index contributed by atoms with van der Waals surface area (Å²) >= 11 is 0. The molecule has 0 spiro atoms. The summed E-state index contributed by atoms with van der Waals surface area (Å²) in [5.41, 5.74) is 1.96. The van der Waals surface area contributed by atoms with Crippen LogP contribution in [-0.4, -0.2) is 14.2 Å². The fourth-order valence-electron chi connectivity index (χ4n) is 1.58. The van der Waals surface area contributed by atoms with E-state index in [1.807, 2.05) is 19.1 Å². The van der Waals surface area contributed by atoms with Crippen LogP contribution in [0.3, 0.4) is 0 Å². The molecular formula is C12H15NO2. The molecule has 80 valence electrons. The second kappa shape index (κ2) is 5.26. The number of benzene rings is 1. The third-order valence-electron chi connectivity index (χ3n) is 2.30. The van der Waals surface area contributed by atoms with Crippen LogP contribution < -0.4 is 9.47 Å². The van der Waals surface area contributed by atoms with Gasteiger partial charge in [-0.1, -0.05) is 6.92 Å². The average molecular weight is 205 g/mol. The quantitative estimate of drug-likeness (QED) is 0.757. The Kier molecular flexibility index (Phi) is 3.99. The van der Waals surface area contributed by atoms with Gasteiger partial charge in [-0.2, -0.15) is 5.26 Å². The Hall–Kier alpha value is -1.69. The van der Waals surface area contributed by atoms with E-state index < -0.39 is 0 Å². The first-order valence-corrected chi connectivity index (χ1v) is 4.87. The minimum absolute atomic E-state index is 0.372. The fraction of sp³-hybridized carbons (Fsp3) is 0.417. The van der Waals surface area contributed by atoms with Gasteiger partial charge in [0.05, 0.1) is 26.7 Å². The molecule has 0 saturated carbocycles. The molecule has 0 aliphatic rings. The lowest BCUT2D eigenvalue weighted by Crippen LogP contribution is -1.97. The Morgan fingerprint density at radius 3 is 2.07 bits per heavy atom. The average Bonchev–Trinajstić information content (AvgIpc) is 2.28. The second-order valence-electron chi connectivity index (χ2n) is 3.17. The summed E-state index contributed by atoms with van der Waals surface area (Å²) < 4.78 is 10.6. The number of nitrogens with zero attached hydrogens (tertiary/aromatic N) is 1. The first-order valence-electron chi connectivity index (χ1n) is 4.87. The van der Waals surface area contributed by atoms with Crippen LogP contribution in [0.15, 0.2) is 12.1 Å². The van der Waals surface area contributed by atoms with E-state index in [0.29, 0.717) is 6.42 Å². The molecule has 1 aromatic carbocycles. The van der Waals surface area contributed by atoms with Crippen LogP contribution in [0.1, 0.15) is 18.1 Å². The van der Waals surface area contributed by atoms with Crippen LogP contribution in [0.2, 0.25) is 0 Å². The van der Waals surface area contributed by atoms with Crippen LogP contribution in [0.25, 0.3) is 0 Å². The molecule has 0 saturated heterocycles. The Balaban J connectivity index is 3.24. The van der Waals surface area contributed by atoms with Gasteiger partial charge < -0.3 is 9.47 Å². The Morgan fingerprint density at radius 1 is 1.20 bits per heavy atom. The van der Waals surface area contributed by atoms with E-state index in [-0.39, 0.29) is 0 Å². The smallest absolute Gasteiger partial charge is 0.126 e. The van der Waals surface area contributed by atoms with Crippen LogP contribution in [0.5, 0.6) is 11.5 Å². The molecule has 0 atom stereocenters. The third kappa shape index (κ3) is 2.41. The molecule has 0 unspecified atom stereocenters. The van der Waals surface area contributed by atoms with Crippen molar-refractivity contribution in [2.45, 2.75) is 19.8 Å². The van der Waals surface area contributed by atoms with Crippen molar-refractivity contribution >= 4 is 0 Å². The molecule has 0 aromatic heterocycles. The first kappa shape index (κ1) is 11.4. The zero-order valence-electron chi connectivity index (χ0n) is 9.33. The maximum absolute atomic E-state index is 8.64. The van der Waals surface area contributed by atoms with Crippen molar-refractivity contribution in [3.8, 4) is 17.6 Å². The molecule has 0 aliphatic carbocycles. The van der Waals surface area contributed by atoms with E-state index >= 15 is 0 Å². The highest BCUT2D eigenvalue weighted by atomic mass is 16.5. The van der Waals surface area contributed by atoms with Crippen molar-refractivity contribution in [2.24, 2.45) is 0 Å². The monoisotopic (exact) mass is 205 g/mol. The van der Waals surface area contributed by atoms with Gasteiger partial charge in [0.2, 0.25) is 0 Å². The van der Waals surface area contributed by atoms with Crippen LogP contribution in [-0.2, 0) is 12.8 Å². The van der Waals surface area contributed by atoms with Gasteiger partial charge >= 0.3 is 0 Å². The molecule has 1 rings (SSSR count). The Labute approximate surface area is 90.2 Å². The number of nitriles is 1. The van der Waals surface area contributed by atoms with Gasteiger partial charge in [0.1, 0.15) is 11.5 Å². The van der Waals surface area contributed by atoms with Gasteiger partial charge in [0, 0.05) is 5.56 Å². The van der Waals surface area contributed by atoms with Crippen LogP contribution in [0, 0.1) is 11.3 Å². The minimum atomic E-state index is 0.372. The van der Waals surface area contributed by atoms with Gasteiger partial charge in [-0.15, -0.1) is 0 Å². The van der Waals surface area contributed by atoms with E-state index in [2.05, 4.69) is 6.07 Å². The molecule has 3 nitrogen and oxygen atoms in total. The number of rotatable bonds is 4. The highest BCUT2D eigenvalue weighted by Crippen LogP contribution is 2.30. The Bertz CT molecular complexity index is 355. The molecular weight excluding hydrogens is 190 g/mol. The van der Waals surface area contributed by atoms with Crippen LogP contribution in [0.4, 0.5) is 0 Å². The van der Waals surface area contributed by atoms with E-state index in [9.17, 15) is 0 Å². The zero-order chi connectivity index (χ0) is 11.3. The SMILES string of the molecule is CCc1c(OC)cc(CC#N)cc1OC. The van der Waals surface area contributed by atoms with Gasteiger partial charge in [0.15, 0.2) is 0 Å². The normalized spacial score (nSPS) is 9.47. The van der Waals surface area contributed by atoms with Crippen LogP contribution >= 0.6 is 0 Å². The number of hydrogen-bond donors (Lipinski definition) is 0. The highest BCUT2D eigenvalue weighted by Gasteiger charge is 2.10. The fourth-order valence-corrected chi connectivity index (χ4v) is 1.58. The lowest BCUT2D eigenvalue weighted by Gasteiger charge is -2.13. The van der Waals surface area contributed by atoms with Gasteiger partial charge in [-0.25, -0.2) is 0 Å². The summed E-state index contributed by atoms with van der Waals surface area (Å²) in [6.07, 6.45) is 1.22. The van der Waals surface area contributed by atoms with Gasteiger partial charge in [-0.3, -0.25) is 0 Å². The van der Waals surface area contributed by atoms with E-state index in [1.165, 1.54) is 0 Å². The largest absolute Gasteiger partial charge is 0.496 e.